The fourth-order valence-electron chi connectivity index (χ4n) is 2.64. The zero-order valence-corrected chi connectivity index (χ0v) is 20.1. The lowest BCUT2D eigenvalue weighted by atomic mass is 10.2. The predicted octanol–water partition coefficient (Wildman–Crippen LogP) is 2.93. The first-order valence-electron chi connectivity index (χ1n) is 10.4. The van der Waals surface area contributed by atoms with Gasteiger partial charge in [0.05, 0.1) is 52.7 Å². The molecule has 0 saturated carbocycles. The molecule has 200 valence electrons. The Morgan fingerprint density at radius 1 is 0.879 bits per heavy atom. The monoisotopic (exact) mass is 520 g/mol. The van der Waals surface area contributed by atoms with Crippen molar-refractivity contribution in [3.8, 4) is 0 Å². The smallest absolute Gasteiger partial charge is 0.427 e. The van der Waals surface area contributed by atoms with Gasteiger partial charge < -0.3 is 24.1 Å². The SMILES string of the molecule is CC[N+]([O-])(CC)CCCN(CCOCCOCCOC)S(=O)(=O)C(F)(F)C(F)(F)C(C)(F)F. The Bertz CT molecular complexity index is 659. The molecule has 0 aromatic carbocycles. The predicted molar refractivity (Wildman–Crippen MR) is 109 cm³/mol. The Kier molecular flexibility index (Phi) is 13.1. The van der Waals surface area contributed by atoms with Crippen LogP contribution >= 0.6 is 0 Å². The molecule has 8 nitrogen and oxygen atoms in total. The highest BCUT2D eigenvalue weighted by Crippen LogP contribution is 2.49. The number of alkyl halides is 6. The highest BCUT2D eigenvalue weighted by molar-refractivity contribution is 7.90. The molecule has 0 aromatic rings. The molecule has 0 aliphatic rings. The van der Waals surface area contributed by atoms with Crippen molar-refractivity contribution in [1.82, 2.24) is 4.31 Å². The molecule has 15 heteroatoms. The average molecular weight is 521 g/mol. The molecule has 0 bridgehead atoms. The summed E-state index contributed by atoms with van der Waals surface area (Å²) in [6.07, 6.45) is -0.255. The quantitative estimate of drug-likeness (QED) is 0.113. The minimum atomic E-state index is -6.24. The molecular weight excluding hydrogens is 486 g/mol. The zero-order chi connectivity index (χ0) is 26.0. The second kappa shape index (κ2) is 13.4. The molecule has 0 aliphatic heterocycles. The van der Waals surface area contributed by atoms with Gasteiger partial charge in [0.15, 0.2) is 0 Å². The lowest BCUT2D eigenvalue weighted by molar-refractivity contribution is -0.877. The van der Waals surface area contributed by atoms with Gasteiger partial charge >= 0.3 is 17.1 Å². The van der Waals surface area contributed by atoms with Gasteiger partial charge in [-0.25, -0.2) is 8.42 Å². The number of halogens is 6. The van der Waals surface area contributed by atoms with E-state index in [9.17, 15) is 40.0 Å². The number of sulfonamides is 1. The van der Waals surface area contributed by atoms with Crippen molar-refractivity contribution in [2.24, 2.45) is 0 Å². The minimum absolute atomic E-state index is 0.0336. The maximum atomic E-state index is 14.3. The summed E-state index contributed by atoms with van der Waals surface area (Å²) in [6.45, 7) is 1.23. The molecule has 0 aliphatic carbocycles. The Hall–Kier alpha value is -0.710. The molecule has 0 amide bonds. The van der Waals surface area contributed by atoms with Crippen LogP contribution in [0.25, 0.3) is 0 Å². The van der Waals surface area contributed by atoms with Gasteiger partial charge in [-0.2, -0.15) is 30.6 Å². The van der Waals surface area contributed by atoms with E-state index in [4.69, 9.17) is 14.2 Å². The first-order chi connectivity index (χ1) is 15.0. The lowest BCUT2D eigenvalue weighted by Crippen LogP contribution is -2.60. The van der Waals surface area contributed by atoms with E-state index in [0.717, 1.165) is 0 Å². The van der Waals surface area contributed by atoms with Crippen LogP contribution < -0.4 is 0 Å². The maximum absolute atomic E-state index is 14.3. The summed E-state index contributed by atoms with van der Waals surface area (Å²) in [6, 6.07) is 0. The van der Waals surface area contributed by atoms with Gasteiger partial charge in [-0.3, -0.25) is 0 Å². The van der Waals surface area contributed by atoms with E-state index in [0.29, 0.717) is 6.61 Å². The molecular formula is C18H34F6N2O6S. The van der Waals surface area contributed by atoms with Crippen molar-refractivity contribution in [3.63, 3.8) is 0 Å². The van der Waals surface area contributed by atoms with Crippen LogP contribution in [0.3, 0.4) is 0 Å². The lowest BCUT2D eigenvalue weighted by Gasteiger charge is -2.41. The number of hydroxylamine groups is 3. The fourth-order valence-corrected chi connectivity index (χ4v) is 4.15. The van der Waals surface area contributed by atoms with Crippen LogP contribution in [0.15, 0.2) is 0 Å². The summed E-state index contributed by atoms with van der Waals surface area (Å²) in [7, 11) is -4.79. The average Bonchev–Trinajstić information content (AvgIpc) is 2.72. The number of methoxy groups -OCH3 is 1. The molecule has 0 atom stereocenters. The maximum Gasteiger partial charge on any atom is 0.427 e. The van der Waals surface area contributed by atoms with Crippen LogP contribution in [0.5, 0.6) is 0 Å². The molecule has 0 radical (unpaired) electrons. The van der Waals surface area contributed by atoms with Crippen molar-refractivity contribution < 1.29 is 53.6 Å². The third kappa shape index (κ3) is 8.78. The van der Waals surface area contributed by atoms with E-state index in [-0.39, 0.29) is 50.2 Å². The molecule has 0 saturated heterocycles. The number of nitrogens with zero attached hydrogens (tertiary/aromatic N) is 2. The van der Waals surface area contributed by atoms with E-state index in [2.05, 4.69) is 0 Å². The summed E-state index contributed by atoms with van der Waals surface area (Å²) in [5.41, 5.74) is 0. The largest absolute Gasteiger partial charge is 0.633 e. The molecule has 0 unspecified atom stereocenters. The topological polar surface area (TPSA) is 88.1 Å². The number of hydrogen-bond acceptors (Lipinski definition) is 6. The highest BCUT2D eigenvalue weighted by atomic mass is 32.2. The molecule has 0 aromatic heterocycles. The number of rotatable bonds is 19. The summed E-state index contributed by atoms with van der Waals surface area (Å²) >= 11 is 0. The van der Waals surface area contributed by atoms with E-state index < -0.39 is 58.4 Å². The summed E-state index contributed by atoms with van der Waals surface area (Å²) in [5, 5.41) is 6.22. The van der Waals surface area contributed by atoms with Gasteiger partial charge in [0.2, 0.25) is 0 Å². The molecule has 33 heavy (non-hydrogen) atoms. The number of hydrogen-bond donors (Lipinski definition) is 0. The van der Waals surface area contributed by atoms with Gasteiger partial charge in [0, 0.05) is 33.5 Å². The Morgan fingerprint density at radius 2 is 1.36 bits per heavy atom. The number of quaternary nitrogens is 1. The van der Waals surface area contributed by atoms with Gasteiger partial charge in [-0.05, 0) is 13.8 Å². The third-order valence-corrected chi connectivity index (χ3v) is 6.94. The van der Waals surface area contributed by atoms with E-state index in [1.165, 1.54) is 7.11 Å². The summed E-state index contributed by atoms with van der Waals surface area (Å²) < 4.78 is 121. The second-order valence-corrected chi connectivity index (χ2v) is 9.35. The summed E-state index contributed by atoms with van der Waals surface area (Å²) in [5.74, 6) is -11.5. The molecule has 0 N–H and O–H groups in total. The van der Waals surface area contributed by atoms with Crippen LogP contribution in [0.1, 0.15) is 27.2 Å². The van der Waals surface area contributed by atoms with E-state index >= 15 is 0 Å². The molecule has 0 spiro atoms. The van der Waals surface area contributed by atoms with Crippen molar-refractivity contribution in [2.75, 3.05) is 72.9 Å². The van der Waals surface area contributed by atoms with Crippen LogP contribution in [-0.4, -0.2) is 107 Å². The van der Waals surface area contributed by atoms with Crippen molar-refractivity contribution in [2.45, 2.75) is 44.3 Å². The van der Waals surface area contributed by atoms with Gasteiger partial charge in [0.25, 0.3) is 10.0 Å². The van der Waals surface area contributed by atoms with Gasteiger partial charge in [-0.15, -0.1) is 0 Å². The van der Waals surface area contributed by atoms with E-state index in [1.807, 2.05) is 0 Å². The molecule has 0 fully saturated rings. The normalized spacial score (nSPS) is 14.3. The Morgan fingerprint density at radius 3 is 1.82 bits per heavy atom. The molecule has 0 heterocycles. The van der Waals surface area contributed by atoms with Crippen LogP contribution in [0.4, 0.5) is 26.3 Å². The first-order valence-corrected chi connectivity index (χ1v) is 11.8. The highest BCUT2D eigenvalue weighted by Gasteiger charge is 2.76. The Balaban J connectivity index is 5.41. The number of ether oxygens (including phenoxy) is 3. The van der Waals surface area contributed by atoms with Gasteiger partial charge in [-0.1, -0.05) is 0 Å². The third-order valence-electron chi connectivity index (χ3n) is 5.00. The minimum Gasteiger partial charge on any atom is -0.633 e. The van der Waals surface area contributed by atoms with Crippen molar-refractivity contribution in [1.29, 1.82) is 0 Å². The standard InChI is InChI=1S/C18H34F6N2O6S/c1-5-26(27,6-2)10-7-8-25(9-11-31-14-15-32-13-12-30-4)33(28,29)18(23,24)17(21,22)16(3,19)20/h5-15H2,1-4H3. The Labute approximate surface area is 191 Å². The molecule has 0 rings (SSSR count). The zero-order valence-electron chi connectivity index (χ0n) is 19.3. The van der Waals surface area contributed by atoms with Crippen molar-refractivity contribution >= 4 is 10.0 Å². The summed E-state index contributed by atoms with van der Waals surface area (Å²) in [4.78, 5) is 0. The van der Waals surface area contributed by atoms with E-state index in [1.54, 1.807) is 13.8 Å². The fraction of sp³-hybridized carbons (Fsp3) is 1.00. The van der Waals surface area contributed by atoms with Crippen LogP contribution in [-0.2, 0) is 24.2 Å². The van der Waals surface area contributed by atoms with Crippen LogP contribution in [0, 0.1) is 5.21 Å². The van der Waals surface area contributed by atoms with Crippen molar-refractivity contribution in [3.05, 3.63) is 5.21 Å². The first kappa shape index (κ1) is 32.3. The second-order valence-electron chi connectivity index (χ2n) is 7.37. The van der Waals surface area contributed by atoms with Crippen LogP contribution in [0.2, 0.25) is 0 Å². The van der Waals surface area contributed by atoms with Gasteiger partial charge in [0.1, 0.15) is 0 Å².